The van der Waals surface area contributed by atoms with Crippen molar-refractivity contribution in [3.05, 3.63) is 62.5 Å². The third-order valence-corrected chi connectivity index (χ3v) is 3.50. The average Bonchev–Trinajstić information content (AvgIpc) is 2.27. The Hall–Kier alpha value is -1.35. The first kappa shape index (κ1) is 11.1. The Morgan fingerprint density at radius 1 is 1.12 bits per heavy atom. The maximum Gasteiger partial charge on any atom is 0.257 e. The third kappa shape index (κ3) is 1.83. The second-order valence-corrected chi connectivity index (χ2v) is 4.60. The molecule has 0 aliphatic carbocycles. The highest BCUT2D eigenvalue weighted by atomic mass is 79.9. The predicted octanol–water partition coefficient (Wildman–Crippen LogP) is 3.22. The van der Waals surface area contributed by atoms with Gasteiger partial charge in [-0.2, -0.15) is 0 Å². The number of hydrogen-bond donors (Lipinski definition) is 0. The second kappa shape index (κ2) is 4.26. The molecule has 0 fully saturated rings. The van der Waals surface area contributed by atoms with Gasteiger partial charge in [-0.25, -0.2) is 0 Å². The smallest absolute Gasteiger partial charge is 0.257 e. The fourth-order valence-electron chi connectivity index (χ4n) is 1.65. The van der Waals surface area contributed by atoms with Gasteiger partial charge in [0.25, 0.3) is 5.56 Å². The third-order valence-electron chi connectivity index (χ3n) is 2.64. The molecule has 1 heterocycles. The number of aryl methyl sites for hydroxylation is 1. The highest BCUT2D eigenvalue weighted by Gasteiger charge is 2.06. The molecule has 0 saturated carbocycles. The van der Waals surface area contributed by atoms with E-state index in [2.05, 4.69) is 15.9 Å². The van der Waals surface area contributed by atoms with Gasteiger partial charge in [-0.15, -0.1) is 0 Å². The molecule has 0 N–H and O–H groups in total. The number of benzene rings is 1. The van der Waals surface area contributed by atoms with Gasteiger partial charge in [-0.1, -0.05) is 28.1 Å². The monoisotopic (exact) mass is 277 g/mol. The Kier molecular flexibility index (Phi) is 2.97. The Morgan fingerprint density at radius 2 is 1.88 bits per heavy atom. The van der Waals surface area contributed by atoms with E-state index in [0.717, 1.165) is 21.3 Å². The normalized spacial score (nSPS) is 10.4. The molecule has 0 amide bonds. The van der Waals surface area contributed by atoms with Crippen molar-refractivity contribution < 1.29 is 0 Å². The Labute approximate surface area is 103 Å². The lowest BCUT2D eigenvalue weighted by molar-refractivity contribution is 0.958. The van der Waals surface area contributed by atoms with E-state index in [0.29, 0.717) is 0 Å². The fraction of sp³-hybridized carbons (Fsp3) is 0.154. The van der Waals surface area contributed by atoms with E-state index in [4.69, 9.17) is 0 Å². The lowest BCUT2D eigenvalue weighted by Crippen LogP contribution is -2.20. The van der Waals surface area contributed by atoms with Gasteiger partial charge in [0.15, 0.2) is 0 Å². The van der Waals surface area contributed by atoms with Crippen LogP contribution in [-0.4, -0.2) is 4.57 Å². The van der Waals surface area contributed by atoms with Crippen molar-refractivity contribution in [3.8, 4) is 5.69 Å². The van der Waals surface area contributed by atoms with Crippen molar-refractivity contribution in [1.82, 2.24) is 4.57 Å². The van der Waals surface area contributed by atoms with Crippen LogP contribution in [0.4, 0.5) is 0 Å². The molecule has 1 aromatic carbocycles. The summed E-state index contributed by atoms with van der Waals surface area (Å²) in [6.07, 6.45) is 1.80. The molecule has 0 radical (unpaired) electrons. The number of pyridine rings is 1. The molecule has 2 nitrogen and oxygen atoms in total. The van der Waals surface area contributed by atoms with E-state index in [1.807, 2.05) is 44.2 Å². The number of rotatable bonds is 1. The summed E-state index contributed by atoms with van der Waals surface area (Å²) in [7, 11) is 0. The van der Waals surface area contributed by atoms with Crippen LogP contribution in [0, 0.1) is 13.8 Å². The largest absolute Gasteiger partial charge is 0.284 e. The van der Waals surface area contributed by atoms with E-state index in [1.165, 1.54) is 0 Å². The van der Waals surface area contributed by atoms with Gasteiger partial charge in [-0.3, -0.25) is 9.36 Å². The predicted molar refractivity (Wildman–Crippen MR) is 69.2 cm³/mol. The van der Waals surface area contributed by atoms with E-state index in [-0.39, 0.29) is 5.56 Å². The Balaban J connectivity index is 2.73. The topological polar surface area (TPSA) is 22.0 Å². The fourth-order valence-corrected chi connectivity index (χ4v) is 2.00. The van der Waals surface area contributed by atoms with Gasteiger partial charge >= 0.3 is 0 Å². The molecule has 0 saturated heterocycles. The first-order valence-electron chi connectivity index (χ1n) is 5.05. The van der Waals surface area contributed by atoms with Crippen molar-refractivity contribution in [2.75, 3.05) is 0 Å². The molecular weight excluding hydrogens is 266 g/mol. The van der Waals surface area contributed by atoms with Crippen molar-refractivity contribution in [2.24, 2.45) is 0 Å². The van der Waals surface area contributed by atoms with Crippen molar-refractivity contribution in [2.45, 2.75) is 13.8 Å². The van der Waals surface area contributed by atoms with Gasteiger partial charge < -0.3 is 0 Å². The molecular formula is C13H12BrNO. The van der Waals surface area contributed by atoms with E-state index in [9.17, 15) is 4.79 Å². The van der Waals surface area contributed by atoms with E-state index in [1.54, 1.807) is 10.8 Å². The summed E-state index contributed by atoms with van der Waals surface area (Å²) in [6.45, 7) is 3.82. The lowest BCUT2D eigenvalue weighted by Gasteiger charge is -2.10. The SMILES string of the molecule is Cc1c(Br)cccc1-n1cccc(C)c1=O. The van der Waals surface area contributed by atoms with Gasteiger partial charge in [0.05, 0.1) is 5.69 Å². The molecule has 3 heteroatoms. The van der Waals surface area contributed by atoms with Gasteiger partial charge in [-0.05, 0) is 37.6 Å². The van der Waals surface area contributed by atoms with Crippen LogP contribution < -0.4 is 5.56 Å². The number of aromatic nitrogens is 1. The molecule has 0 aliphatic rings. The molecule has 0 spiro atoms. The van der Waals surface area contributed by atoms with Crippen LogP contribution in [0.2, 0.25) is 0 Å². The summed E-state index contributed by atoms with van der Waals surface area (Å²) < 4.78 is 2.69. The average molecular weight is 278 g/mol. The quantitative estimate of drug-likeness (QED) is 0.785. The van der Waals surface area contributed by atoms with Crippen LogP contribution in [-0.2, 0) is 0 Å². The Bertz CT molecular complexity index is 587. The van der Waals surface area contributed by atoms with Crippen LogP contribution in [0.5, 0.6) is 0 Å². The summed E-state index contributed by atoms with van der Waals surface area (Å²) in [5.74, 6) is 0. The number of hydrogen-bond acceptors (Lipinski definition) is 1. The zero-order chi connectivity index (χ0) is 11.7. The van der Waals surface area contributed by atoms with E-state index < -0.39 is 0 Å². The zero-order valence-corrected chi connectivity index (χ0v) is 10.8. The summed E-state index contributed by atoms with van der Waals surface area (Å²) in [5, 5.41) is 0. The minimum atomic E-state index is 0.0312. The van der Waals surface area contributed by atoms with Gasteiger partial charge in [0.2, 0.25) is 0 Å². The van der Waals surface area contributed by atoms with Gasteiger partial charge in [0.1, 0.15) is 0 Å². The first-order valence-corrected chi connectivity index (χ1v) is 5.84. The lowest BCUT2D eigenvalue weighted by atomic mass is 10.2. The molecule has 2 aromatic rings. The number of halogens is 1. The Morgan fingerprint density at radius 3 is 2.62 bits per heavy atom. The molecule has 82 valence electrons. The summed E-state index contributed by atoms with van der Waals surface area (Å²) in [5.41, 5.74) is 2.77. The van der Waals surface area contributed by atoms with Crippen LogP contribution in [0.1, 0.15) is 11.1 Å². The molecule has 16 heavy (non-hydrogen) atoms. The highest BCUT2D eigenvalue weighted by Crippen LogP contribution is 2.21. The molecule has 2 rings (SSSR count). The van der Waals surface area contributed by atoms with Crippen LogP contribution in [0.25, 0.3) is 5.69 Å². The maximum absolute atomic E-state index is 12.0. The molecule has 0 bridgehead atoms. The van der Waals surface area contributed by atoms with Crippen molar-refractivity contribution in [3.63, 3.8) is 0 Å². The molecule has 0 aliphatic heterocycles. The van der Waals surface area contributed by atoms with E-state index >= 15 is 0 Å². The van der Waals surface area contributed by atoms with Crippen molar-refractivity contribution >= 4 is 15.9 Å². The second-order valence-electron chi connectivity index (χ2n) is 3.75. The van der Waals surface area contributed by atoms with Gasteiger partial charge in [0, 0.05) is 16.2 Å². The minimum Gasteiger partial charge on any atom is -0.284 e. The van der Waals surface area contributed by atoms with Crippen LogP contribution in [0.3, 0.4) is 0 Å². The number of nitrogens with zero attached hydrogens (tertiary/aromatic N) is 1. The van der Waals surface area contributed by atoms with Crippen LogP contribution >= 0.6 is 15.9 Å². The summed E-state index contributed by atoms with van der Waals surface area (Å²) >= 11 is 3.47. The molecule has 1 aromatic heterocycles. The van der Waals surface area contributed by atoms with Crippen LogP contribution in [0.15, 0.2) is 45.8 Å². The standard InChI is InChI=1S/C13H12BrNO/c1-9-5-4-8-15(13(9)16)12-7-3-6-11(14)10(12)2/h3-8H,1-2H3. The maximum atomic E-state index is 12.0. The summed E-state index contributed by atoms with van der Waals surface area (Å²) in [6, 6.07) is 9.56. The molecule has 0 unspecified atom stereocenters. The first-order chi connectivity index (χ1) is 7.61. The summed E-state index contributed by atoms with van der Waals surface area (Å²) in [4.78, 5) is 12.0. The zero-order valence-electron chi connectivity index (χ0n) is 9.20. The highest BCUT2D eigenvalue weighted by molar-refractivity contribution is 9.10. The molecule has 0 atom stereocenters. The van der Waals surface area contributed by atoms with Crippen molar-refractivity contribution in [1.29, 1.82) is 0 Å². The minimum absolute atomic E-state index is 0.0312.